The lowest BCUT2D eigenvalue weighted by Crippen LogP contribution is -2.42. The summed E-state index contributed by atoms with van der Waals surface area (Å²) >= 11 is 0. The van der Waals surface area contributed by atoms with Gasteiger partial charge < -0.3 is 14.5 Å². The number of fused-ring (bicyclic) bond motifs is 1. The van der Waals surface area contributed by atoms with E-state index in [0.717, 1.165) is 37.9 Å². The summed E-state index contributed by atoms with van der Waals surface area (Å²) in [5.41, 5.74) is 1.84. The van der Waals surface area contributed by atoms with E-state index in [0.29, 0.717) is 30.9 Å². The third kappa shape index (κ3) is 3.56. The van der Waals surface area contributed by atoms with Crippen molar-refractivity contribution in [2.24, 2.45) is 4.99 Å². The van der Waals surface area contributed by atoms with Crippen LogP contribution in [0.1, 0.15) is 30.4 Å². The Hall–Kier alpha value is -3.34. The molecule has 1 aromatic rings. The number of benzene rings is 1. The molecule has 0 aromatic heterocycles. The number of ether oxygens (including phenoxy) is 1. The highest BCUT2D eigenvalue weighted by Crippen LogP contribution is 2.23. The highest BCUT2D eigenvalue weighted by molar-refractivity contribution is 6.01. The van der Waals surface area contributed by atoms with Crippen LogP contribution in [-0.2, 0) is 16.1 Å². The molecule has 8 nitrogen and oxygen atoms in total. The molecule has 0 radical (unpaired) electrons. The summed E-state index contributed by atoms with van der Waals surface area (Å²) in [4.78, 5) is 34.5. The summed E-state index contributed by atoms with van der Waals surface area (Å²) < 4.78 is 5.44. The second kappa shape index (κ2) is 7.72. The van der Waals surface area contributed by atoms with Crippen molar-refractivity contribution in [1.82, 2.24) is 14.7 Å². The molecule has 3 aliphatic rings. The summed E-state index contributed by atoms with van der Waals surface area (Å²) in [7, 11) is 0. The molecule has 144 valence electrons. The molecule has 0 unspecified atom stereocenters. The highest BCUT2D eigenvalue weighted by atomic mass is 16.5. The van der Waals surface area contributed by atoms with E-state index in [9.17, 15) is 9.59 Å². The van der Waals surface area contributed by atoms with E-state index >= 15 is 0 Å². The van der Waals surface area contributed by atoms with E-state index in [1.807, 2.05) is 11.0 Å². The minimum Gasteiger partial charge on any atom is -0.431 e. The topological polar surface area (TPSA) is 89.2 Å². The molecule has 3 amide bonds. The van der Waals surface area contributed by atoms with E-state index in [1.54, 1.807) is 28.0 Å². The largest absolute Gasteiger partial charge is 0.431 e. The first-order chi connectivity index (χ1) is 13.7. The lowest BCUT2D eigenvalue weighted by Gasteiger charge is -2.29. The number of nitriles is 1. The second-order valence-electron chi connectivity index (χ2n) is 7.04. The molecule has 28 heavy (non-hydrogen) atoms. The predicted molar refractivity (Wildman–Crippen MR) is 101 cm³/mol. The van der Waals surface area contributed by atoms with Crippen LogP contribution in [0.3, 0.4) is 0 Å². The molecular weight excluding hydrogens is 358 g/mol. The van der Waals surface area contributed by atoms with Crippen LogP contribution in [0.25, 0.3) is 0 Å². The summed E-state index contributed by atoms with van der Waals surface area (Å²) in [6.45, 7) is 2.66. The number of hydrogen-bond donors (Lipinski definition) is 0. The number of carbonyl (C=O) groups excluding carboxylic acids is 2. The fourth-order valence-electron chi connectivity index (χ4n) is 3.64. The number of rotatable bonds is 3. The van der Waals surface area contributed by atoms with Crippen molar-refractivity contribution in [3.05, 3.63) is 47.4 Å². The van der Waals surface area contributed by atoms with E-state index in [2.05, 4.69) is 11.1 Å². The van der Waals surface area contributed by atoms with Gasteiger partial charge in [-0.1, -0.05) is 12.1 Å². The maximum atomic E-state index is 12.8. The number of amidine groups is 1. The van der Waals surface area contributed by atoms with Crippen LogP contribution in [0.4, 0.5) is 4.79 Å². The maximum absolute atomic E-state index is 12.8. The van der Waals surface area contributed by atoms with Crippen molar-refractivity contribution in [1.29, 1.82) is 5.26 Å². The van der Waals surface area contributed by atoms with Gasteiger partial charge in [-0.05, 0) is 37.0 Å². The van der Waals surface area contributed by atoms with Crippen molar-refractivity contribution in [3.8, 4) is 6.07 Å². The number of likely N-dealkylation sites (tertiary alicyclic amines) is 1. The van der Waals surface area contributed by atoms with Crippen LogP contribution in [0.2, 0.25) is 0 Å². The SMILES string of the molecule is N#Cc1cccc(CN2CCN3C(C(=O)N4CCCCC4)=COC3=NC2=O)c1. The van der Waals surface area contributed by atoms with Gasteiger partial charge in [0.25, 0.3) is 5.91 Å². The van der Waals surface area contributed by atoms with Gasteiger partial charge in [-0.25, -0.2) is 4.79 Å². The molecule has 8 heteroatoms. The van der Waals surface area contributed by atoms with Crippen molar-refractivity contribution in [2.45, 2.75) is 25.8 Å². The number of amides is 3. The summed E-state index contributed by atoms with van der Waals surface area (Å²) in [6.07, 6.45) is 4.56. The van der Waals surface area contributed by atoms with Gasteiger partial charge in [0, 0.05) is 32.7 Å². The quantitative estimate of drug-likeness (QED) is 0.802. The third-order valence-corrected chi connectivity index (χ3v) is 5.14. The first-order valence-electron chi connectivity index (χ1n) is 9.46. The predicted octanol–water partition coefficient (Wildman–Crippen LogP) is 2.04. The number of carbonyl (C=O) groups is 2. The van der Waals surface area contributed by atoms with Gasteiger partial charge in [0.15, 0.2) is 0 Å². The van der Waals surface area contributed by atoms with Crippen LogP contribution >= 0.6 is 0 Å². The standard InChI is InChI=1S/C20H21N5O3/c21-12-15-5-4-6-16(11-15)13-24-9-10-25-17(14-28-20(25)22-19(24)27)18(26)23-7-2-1-3-8-23/h4-6,11,14H,1-3,7-10,13H2. The van der Waals surface area contributed by atoms with Crippen molar-refractivity contribution < 1.29 is 14.3 Å². The third-order valence-electron chi connectivity index (χ3n) is 5.14. The molecule has 1 saturated heterocycles. The molecule has 0 spiro atoms. The fraction of sp³-hybridized carbons (Fsp3) is 0.400. The number of aliphatic imine (C=N–C) groups is 1. The molecule has 0 saturated carbocycles. The molecule has 3 aliphatic heterocycles. The molecular formula is C20H21N5O3. The van der Waals surface area contributed by atoms with Crippen LogP contribution in [0, 0.1) is 11.3 Å². The van der Waals surface area contributed by atoms with Crippen LogP contribution in [0.5, 0.6) is 0 Å². The molecule has 3 heterocycles. The Labute approximate surface area is 163 Å². The smallest absolute Gasteiger partial charge is 0.348 e. The van der Waals surface area contributed by atoms with Gasteiger partial charge >= 0.3 is 12.1 Å². The Morgan fingerprint density at radius 2 is 2.00 bits per heavy atom. The number of piperidine rings is 1. The Morgan fingerprint density at radius 1 is 1.18 bits per heavy atom. The molecule has 1 fully saturated rings. The molecule has 0 aliphatic carbocycles. The van der Waals surface area contributed by atoms with Gasteiger partial charge in [-0.15, -0.1) is 4.99 Å². The van der Waals surface area contributed by atoms with Crippen LogP contribution in [-0.4, -0.2) is 58.8 Å². The number of urea groups is 1. The van der Waals surface area contributed by atoms with Gasteiger partial charge in [0.1, 0.15) is 12.0 Å². The monoisotopic (exact) mass is 379 g/mol. The van der Waals surface area contributed by atoms with Gasteiger partial charge in [-0.2, -0.15) is 5.26 Å². The first-order valence-corrected chi connectivity index (χ1v) is 9.46. The van der Waals surface area contributed by atoms with E-state index < -0.39 is 6.03 Å². The summed E-state index contributed by atoms with van der Waals surface area (Å²) in [5, 5.41) is 9.04. The van der Waals surface area contributed by atoms with Crippen LogP contribution < -0.4 is 0 Å². The summed E-state index contributed by atoms with van der Waals surface area (Å²) in [5.74, 6) is -0.0764. The molecule has 4 rings (SSSR count). The summed E-state index contributed by atoms with van der Waals surface area (Å²) in [6, 6.07) is 8.98. The Morgan fingerprint density at radius 3 is 2.79 bits per heavy atom. The van der Waals surface area contributed by atoms with E-state index in [1.165, 1.54) is 6.26 Å². The molecule has 1 aromatic carbocycles. The zero-order valence-electron chi connectivity index (χ0n) is 15.5. The Balaban J connectivity index is 1.46. The first kappa shape index (κ1) is 18.0. The minimum absolute atomic E-state index is 0.0764. The fourth-order valence-corrected chi connectivity index (χ4v) is 3.64. The number of hydrogen-bond acceptors (Lipinski definition) is 5. The molecule has 0 atom stereocenters. The Bertz CT molecular complexity index is 895. The van der Waals surface area contributed by atoms with Gasteiger partial charge in [-0.3, -0.25) is 9.69 Å². The van der Waals surface area contributed by atoms with E-state index in [-0.39, 0.29) is 11.9 Å². The highest BCUT2D eigenvalue weighted by Gasteiger charge is 2.35. The Kier molecular flexibility index (Phi) is 4.98. The minimum atomic E-state index is -0.417. The lowest BCUT2D eigenvalue weighted by molar-refractivity contribution is -0.129. The molecule has 0 bridgehead atoms. The molecule has 0 N–H and O–H groups in total. The van der Waals surface area contributed by atoms with E-state index in [4.69, 9.17) is 10.00 Å². The van der Waals surface area contributed by atoms with Crippen molar-refractivity contribution in [3.63, 3.8) is 0 Å². The average Bonchev–Trinajstić information content (AvgIpc) is 3.06. The second-order valence-corrected chi connectivity index (χ2v) is 7.04. The van der Waals surface area contributed by atoms with Gasteiger partial charge in [0.05, 0.1) is 11.6 Å². The van der Waals surface area contributed by atoms with Crippen molar-refractivity contribution in [2.75, 3.05) is 26.2 Å². The lowest BCUT2D eigenvalue weighted by atomic mass is 10.1. The maximum Gasteiger partial charge on any atom is 0.348 e. The van der Waals surface area contributed by atoms with Gasteiger partial charge in [0.2, 0.25) is 0 Å². The van der Waals surface area contributed by atoms with Crippen LogP contribution in [0.15, 0.2) is 41.2 Å². The zero-order valence-corrected chi connectivity index (χ0v) is 15.5. The number of nitrogens with zero attached hydrogens (tertiary/aromatic N) is 5. The average molecular weight is 379 g/mol. The normalized spacial score (nSPS) is 19.2. The van der Waals surface area contributed by atoms with Crippen molar-refractivity contribution >= 4 is 18.0 Å². The zero-order chi connectivity index (χ0) is 19.5.